The molecule has 0 saturated carbocycles. The number of rotatable bonds is 8. The Hall–Kier alpha value is -3.98. The van der Waals surface area contributed by atoms with E-state index in [1.54, 1.807) is 32.2 Å². The Bertz CT molecular complexity index is 1790. The van der Waals surface area contributed by atoms with E-state index in [0.717, 1.165) is 48.3 Å². The van der Waals surface area contributed by atoms with Crippen molar-refractivity contribution in [3.05, 3.63) is 89.0 Å². The topological polar surface area (TPSA) is 127 Å². The lowest BCUT2D eigenvalue weighted by Crippen LogP contribution is -2.44. The number of piperazine rings is 1. The van der Waals surface area contributed by atoms with E-state index in [2.05, 4.69) is 37.7 Å². The zero-order chi connectivity index (χ0) is 31.2. The molecule has 11 nitrogen and oxygen atoms in total. The summed E-state index contributed by atoms with van der Waals surface area (Å²) in [7, 11) is -2.23. The van der Waals surface area contributed by atoms with Crippen LogP contribution in [0.4, 0.5) is 26.0 Å². The predicted octanol–water partition coefficient (Wildman–Crippen LogP) is 4.76. The van der Waals surface area contributed by atoms with Crippen molar-refractivity contribution >= 4 is 45.5 Å². The SMILES string of the molecule is CN1CCN(c2ccc(C(=O)Nc3n[nH]c4c3CN(S(=O)(=O)c3cc(F)cc(F)c3)C4(C)C)c(NCc3ccco3)c2)CC1.Cl. The lowest BCUT2D eigenvalue weighted by Gasteiger charge is -2.34. The molecule has 3 N–H and O–H groups in total. The summed E-state index contributed by atoms with van der Waals surface area (Å²) in [6, 6.07) is 11.4. The number of H-pyrrole nitrogens is 1. The second-order valence-electron chi connectivity index (χ2n) is 11.5. The minimum absolute atomic E-state index is 0. The number of carbonyl (C=O) groups is 1. The Morgan fingerprint density at radius 1 is 1.07 bits per heavy atom. The third-order valence-electron chi connectivity index (χ3n) is 8.21. The van der Waals surface area contributed by atoms with Crippen LogP contribution >= 0.6 is 12.4 Å². The van der Waals surface area contributed by atoms with E-state index >= 15 is 0 Å². The maximum absolute atomic E-state index is 13.9. The Morgan fingerprint density at radius 3 is 2.44 bits per heavy atom. The van der Waals surface area contributed by atoms with Crippen molar-refractivity contribution in [2.45, 2.75) is 37.4 Å². The van der Waals surface area contributed by atoms with Crippen molar-refractivity contribution in [3.8, 4) is 0 Å². The van der Waals surface area contributed by atoms with Crippen LogP contribution in [-0.4, -0.2) is 67.0 Å². The maximum Gasteiger partial charge on any atom is 0.258 e. The van der Waals surface area contributed by atoms with E-state index in [9.17, 15) is 22.0 Å². The number of nitrogens with zero attached hydrogens (tertiary/aromatic N) is 4. The second kappa shape index (κ2) is 12.4. The molecule has 4 heterocycles. The highest BCUT2D eigenvalue weighted by molar-refractivity contribution is 7.89. The molecule has 240 valence electrons. The van der Waals surface area contributed by atoms with Crippen LogP contribution in [0.5, 0.6) is 0 Å². The molecular formula is C30H34ClF2N7O4S. The van der Waals surface area contributed by atoms with E-state index in [0.29, 0.717) is 40.9 Å². The summed E-state index contributed by atoms with van der Waals surface area (Å²) in [5, 5.41) is 13.3. The second-order valence-corrected chi connectivity index (χ2v) is 13.4. The molecule has 0 spiro atoms. The number of sulfonamides is 1. The van der Waals surface area contributed by atoms with Crippen molar-refractivity contribution in [2.75, 3.05) is 48.8 Å². The van der Waals surface area contributed by atoms with Crippen LogP contribution in [0.3, 0.4) is 0 Å². The minimum atomic E-state index is -4.31. The van der Waals surface area contributed by atoms with Crippen molar-refractivity contribution in [3.63, 3.8) is 0 Å². The van der Waals surface area contributed by atoms with Gasteiger partial charge in [-0.3, -0.25) is 9.89 Å². The molecule has 0 unspecified atom stereocenters. The van der Waals surface area contributed by atoms with Gasteiger partial charge in [-0.2, -0.15) is 9.40 Å². The van der Waals surface area contributed by atoms with Gasteiger partial charge >= 0.3 is 0 Å². The predicted molar refractivity (Wildman–Crippen MR) is 168 cm³/mol. The lowest BCUT2D eigenvalue weighted by atomic mass is 10.0. The summed E-state index contributed by atoms with van der Waals surface area (Å²) < 4.78 is 61.5. The van der Waals surface area contributed by atoms with Gasteiger partial charge in [0, 0.05) is 55.7 Å². The van der Waals surface area contributed by atoms with E-state index < -0.39 is 38.0 Å². The molecule has 4 aromatic rings. The average Bonchev–Trinajstić information content (AvgIpc) is 3.70. The summed E-state index contributed by atoms with van der Waals surface area (Å²) in [4.78, 5) is 17.7. The van der Waals surface area contributed by atoms with Crippen LogP contribution in [-0.2, 0) is 28.7 Å². The third kappa shape index (κ3) is 6.27. The number of aromatic amines is 1. The fourth-order valence-corrected chi connectivity index (χ4v) is 7.46. The van der Waals surface area contributed by atoms with Gasteiger partial charge in [-0.15, -0.1) is 12.4 Å². The zero-order valence-corrected chi connectivity index (χ0v) is 26.6. The molecule has 2 aliphatic heterocycles. The number of benzene rings is 2. The summed E-state index contributed by atoms with van der Waals surface area (Å²) in [5.41, 5.74) is 1.72. The largest absolute Gasteiger partial charge is 0.467 e. The summed E-state index contributed by atoms with van der Waals surface area (Å²) in [6.45, 7) is 7.08. The first-order chi connectivity index (χ1) is 20.9. The van der Waals surface area contributed by atoms with E-state index in [1.807, 2.05) is 18.2 Å². The van der Waals surface area contributed by atoms with Crippen LogP contribution in [0, 0.1) is 11.6 Å². The number of amides is 1. The molecule has 15 heteroatoms. The molecule has 0 radical (unpaired) electrons. The number of likely N-dealkylation sites (N-methyl/N-ethyl adjacent to an activating group) is 1. The van der Waals surface area contributed by atoms with Crippen molar-refractivity contribution in [2.24, 2.45) is 0 Å². The summed E-state index contributed by atoms with van der Waals surface area (Å²) in [5.74, 6) is -1.57. The quantitative estimate of drug-likeness (QED) is 0.247. The Morgan fingerprint density at radius 2 is 1.78 bits per heavy atom. The first kappa shape index (κ1) is 32.4. The number of halogens is 3. The number of furan rings is 1. The zero-order valence-electron chi connectivity index (χ0n) is 24.9. The van der Waals surface area contributed by atoms with Crippen molar-refractivity contribution < 1.29 is 26.4 Å². The fourth-order valence-electron chi connectivity index (χ4n) is 5.69. The van der Waals surface area contributed by atoms with Crippen LogP contribution in [0.1, 0.15) is 41.2 Å². The van der Waals surface area contributed by atoms with Crippen molar-refractivity contribution in [1.82, 2.24) is 19.4 Å². The summed E-state index contributed by atoms with van der Waals surface area (Å²) in [6.07, 6.45) is 1.58. The highest BCUT2D eigenvalue weighted by atomic mass is 35.5. The fraction of sp³-hybridized carbons (Fsp3) is 0.333. The molecular weight excluding hydrogens is 628 g/mol. The lowest BCUT2D eigenvalue weighted by molar-refractivity contribution is 0.102. The normalized spacial score (nSPS) is 16.7. The van der Waals surface area contributed by atoms with Gasteiger partial charge in [0.15, 0.2) is 5.82 Å². The number of aromatic nitrogens is 2. The number of hydrogen-bond donors (Lipinski definition) is 3. The molecule has 1 amide bonds. The first-order valence-corrected chi connectivity index (χ1v) is 15.6. The Kier molecular flexibility index (Phi) is 8.95. The molecule has 1 fully saturated rings. The molecule has 2 aromatic carbocycles. The van der Waals surface area contributed by atoms with E-state index in [1.165, 1.54) is 0 Å². The van der Waals surface area contributed by atoms with Gasteiger partial charge in [0.25, 0.3) is 5.91 Å². The molecule has 2 aliphatic rings. The van der Waals surface area contributed by atoms with Gasteiger partial charge in [0.2, 0.25) is 10.0 Å². The highest BCUT2D eigenvalue weighted by Gasteiger charge is 2.48. The third-order valence-corrected chi connectivity index (χ3v) is 10.2. The van der Waals surface area contributed by atoms with Crippen LogP contribution < -0.4 is 15.5 Å². The smallest absolute Gasteiger partial charge is 0.258 e. The monoisotopic (exact) mass is 661 g/mol. The first-order valence-electron chi connectivity index (χ1n) is 14.2. The van der Waals surface area contributed by atoms with Gasteiger partial charge in [0.1, 0.15) is 17.4 Å². The Labute approximate surface area is 266 Å². The van der Waals surface area contributed by atoms with Crippen molar-refractivity contribution in [1.29, 1.82) is 0 Å². The number of hydrogen-bond acceptors (Lipinski definition) is 8. The highest BCUT2D eigenvalue weighted by Crippen LogP contribution is 2.44. The van der Waals surface area contributed by atoms with Gasteiger partial charge in [0.05, 0.1) is 34.5 Å². The standard InChI is InChI=1S/C30H33F2N7O4S.ClH/c1-30(2)27-25(18-39(30)44(41,42)23-14-19(31)13-20(32)15-23)28(36-35-27)34-29(40)24-7-6-21(38-10-8-37(3)9-11-38)16-26(24)33-17-22-5-4-12-43-22;/h4-7,12-16,33H,8-11,17-18H2,1-3H3,(H2,34,35,36,40);1H. The molecule has 1 saturated heterocycles. The van der Waals surface area contributed by atoms with E-state index in [-0.39, 0.29) is 24.8 Å². The number of nitrogens with one attached hydrogen (secondary N) is 3. The number of carbonyl (C=O) groups excluding carboxylic acids is 1. The molecule has 45 heavy (non-hydrogen) atoms. The minimum Gasteiger partial charge on any atom is -0.467 e. The summed E-state index contributed by atoms with van der Waals surface area (Å²) >= 11 is 0. The van der Waals surface area contributed by atoms with Gasteiger partial charge in [-0.25, -0.2) is 17.2 Å². The maximum atomic E-state index is 13.9. The van der Waals surface area contributed by atoms with Crippen LogP contribution in [0.25, 0.3) is 0 Å². The average molecular weight is 662 g/mol. The molecule has 0 aliphatic carbocycles. The Balaban J connectivity index is 0.00000400. The van der Waals surface area contributed by atoms with Gasteiger partial charge in [-0.1, -0.05) is 0 Å². The van der Waals surface area contributed by atoms with Crippen LogP contribution in [0.2, 0.25) is 0 Å². The molecule has 0 atom stereocenters. The molecule has 2 aromatic heterocycles. The molecule has 6 rings (SSSR count). The van der Waals surface area contributed by atoms with E-state index in [4.69, 9.17) is 4.42 Å². The number of fused-ring (bicyclic) bond motifs is 1. The van der Waals surface area contributed by atoms with Crippen LogP contribution in [0.15, 0.2) is 64.1 Å². The number of anilines is 3. The van der Waals surface area contributed by atoms with Gasteiger partial charge < -0.3 is 24.9 Å². The molecule has 0 bridgehead atoms. The van der Waals surface area contributed by atoms with Gasteiger partial charge in [-0.05, 0) is 63.4 Å².